The van der Waals surface area contributed by atoms with Crippen molar-refractivity contribution in [1.29, 1.82) is 0 Å². The molecule has 6 heteroatoms. The molecule has 2 heterocycles. The molecule has 5 nitrogen and oxygen atoms in total. The highest BCUT2D eigenvalue weighted by Gasteiger charge is 2.31. The lowest BCUT2D eigenvalue weighted by atomic mass is 10.1. The van der Waals surface area contributed by atoms with Gasteiger partial charge in [0, 0.05) is 31.1 Å². The number of aliphatic hydroxyl groups is 1. The first-order valence-corrected chi connectivity index (χ1v) is 9.52. The summed E-state index contributed by atoms with van der Waals surface area (Å²) in [6, 6.07) is 9.15. The van der Waals surface area contributed by atoms with Crippen molar-refractivity contribution in [3.8, 4) is 0 Å². The molecule has 0 saturated carbocycles. The minimum atomic E-state index is -1.06. The Bertz CT molecular complexity index is 704. The van der Waals surface area contributed by atoms with Crippen LogP contribution >= 0.6 is 11.3 Å². The molecule has 1 N–H and O–H groups in total. The van der Waals surface area contributed by atoms with Crippen molar-refractivity contribution in [3.05, 3.63) is 52.0 Å². The number of hydrogen-bond acceptors (Lipinski definition) is 5. The van der Waals surface area contributed by atoms with Gasteiger partial charge in [-0.2, -0.15) is 0 Å². The van der Waals surface area contributed by atoms with Crippen LogP contribution in [-0.4, -0.2) is 52.5 Å². The highest BCUT2D eigenvalue weighted by atomic mass is 32.1. The van der Waals surface area contributed by atoms with Gasteiger partial charge in [0.25, 0.3) is 5.91 Å². The maximum Gasteiger partial charge on any atom is 0.256 e. The van der Waals surface area contributed by atoms with Crippen molar-refractivity contribution >= 4 is 17.2 Å². The van der Waals surface area contributed by atoms with Crippen molar-refractivity contribution in [2.45, 2.75) is 26.0 Å². The van der Waals surface area contributed by atoms with Gasteiger partial charge in [-0.3, -0.25) is 4.79 Å². The number of carbonyl (C=O) groups excluding carboxylic acids is 1. The van der Waals surface area contributed by atoms with Gasteiger partial charge >= 0.3 is 0 Å². The molecular weight excluding hydrogens is 334 g/mol. The van der Waals surface area contributed by atoms with Crippen LogP contribution in [0.2, 0.25) is 0 Å². The van der Waals surface area contributed by atoms with E-state index in [0.717, 1.165) is 38.3 Å². The molecule has 1 fully saturated rings. The number of thiazole rings is 1. The first-order chi connectivity index (χ1) is 12.0. The first-order valence-electron chi connectivity index (χ1n) is 8.64. The smallest absolute Gasteiger partial charge is 0.256 e. The van der Waals surface area contributed by atoms with E-state index in [1.807, 2.05) is 30.6 Å². The highest BCUT2D eigenvalue weighted by Crippen LogP contribution is 2.23. The number of nitrogens with zero attached hydrogens (tertiary/aromatic N) is 3. The van der Waals surface area contributed by atoms with Gasteiger partial charge in [0.1, 0.15) is 0 Å². The van der Waals surface area contributed by atoms with Crippen molar-refractivity contribution in [1.82, 2.24) is 14.8 Å². The third-order valence-electron chi connectivity index (χ3n) is 4.78. The van der Waals surface area contributed by atoms with Crippen molar-refractivity contribution in [3.63, 3.8) is 0 Å². The van der Waals surface area contributed by atoms with Gasteiger partial charge in [-0.15, -0.1) is 11.3 Å². The number of hydrogen-bond donors (Lipinski definition) is 1. The molecule has 0 bridgehead atoms. The lowest BCUT2D eigenvalue weighted by molar-refractivity contribution is -0.139. The third kappa shape index (κ3) is 4.45. The fourth-order valence-corrected chi connectivity index (χ4v) is 4.22. The summed E-state index contributed by atoms with van der Waals surface area (Å²) >= 11 is 1.69. The fourth-order valence-electron chi connectivity index (χ4n) is 3.36. The summed E-state index contributed by atoms with van der Waals surface area (Å²) in [4.78, 5) is 22.2. The molecule has 0 spiro atoms. The van der Waals surface area contributed by atoms with Gasteiger partial charge in [0.05, 0.1) is 11.2 Å². The van der Waals surface area contributed by atoms with E-state index in [4.69, 9.17) is 0 Å². The maximum atomic E-state index is 12.5. The highest BCUT2D eigenvalue weighted by molar-refractivity contribution is 7.09. The monoisotopic (exact) mass is 359 g/mol. The summed E-state index contributed by atoms with van der Waals surface area (Å²) in [6.45, 7) is 5.33. The van der Waals surface area contributed by atoms with Gasteiger partial charge < -0.3 is 14.9 Å². The molecule has 2 atom stereocenters. The van der Waals surface area contributed by atoms with Crippen LogP contribution in [0.15, 0.2) is 35.8 Å². The average molecular weight is 359 g/mol. The van der Waals surface area contributed by atoms with E-state index in [-0.39, 0.29) is 5.91 Å². The second kappa shape index (κ2) is 8.08. The lowest BCUT2D eigenvalue weighted by Crippen LogP contribution is -2.34. The average Bonchev–Trinajstić information content (AvgIpc) is 3.24. The molecular formula is C19H25N3O2S. The number of rotatable bonds is 6. The van der Waals surface area contributed by atoms with Gasteiger partial charge in [-0.1, -0.05) is 30.3 Å². The van der Waals surface area contributed by atoms with Crippen LogP contribution in [0.3, 0.4) is 0 Å². The number of carbonyl (C=O) groups is 1. The third-order valence-corrected chi connectivity index (χ3v) is 5.69. The first kappa shape index (κ1) is 18.0. The zero-order chi connectivity index (χ0) is 17.8. The Morgan fingerprint density at radius 1 is 1.44 bits per heavy atom. The summed E-state index contributed by atoms with van der Waals surface area (Å²) in [5, 5.41) is 10.3. The Balaban J connectivity index is 1.51. The summed E-state index contributed by atoms with van der Waals surface area (Å²) in [5.41, 5.74) is 3.65. The Labute approximate surface area is 152 Å². The molecule has 1 saturated heterocycles. The number of benzene rings is 1. The van der Waals surface area contributed by atoms with E-state index in [0.29, 0.717) is 11.5 Å². The molecule has 1 aliphatic rings. The van der Waals surface area contributed by atoms with Crippen LogP contribution in [0.5, 0.6) is 0 Å². The molecule has 0 radical (unpaired) electrons. The molecule has 1 aromatic carbocycles. The lowest BCUT2D eigenvalue weighted by Gasteiger charge is -2.22. The van der Waals surface area contributed by atoms with Gasteiger partial charge in [-0.25, -0.2) is 4.98 Å². The molecule has 2 aromatic rings. The molecule has 0 aliphatic carbocycles. The summed E-state index contributed by atoms with van der Waals surface area (Å²) in [6.07, 6.45) is -0.0725. The Kier molecular flexibility index (Phi) is 5.83. The normalized spacial score (nSPS) is 18.7. The van der Waals surface area contributed by atoms with Gasteiger partial charge in [0.15, 0.2) is 6.10 Å². The summed E-state index contributed by atoms with van der Waals surface area (Å²) < 4.78 is 0. The van der Waals surface area contributed by atoms with Gasteiger partial charge in [-0.05, 0) is 31.9 Å². The van der Waals surface area contributed by atoms with Gasteiger partial charge in [0.2, 0.25) is 0 Å². The number of aryl methyl sites for hydroxylation is 1. The Hall–Kier alpha value is -1.76. The van der Waals surface area contributed by atoms with E-state index in [1.54, 1.807) is 28.4 Å². The van der Waals surface area contributed by atoms with Crippen LogP contribution < -0.4 is 0 Å². The Morgan fingerprint density at radius 3 is 2.88 bits per heavy atom. The fraction of sp³-hybridized carbons (Fsp3) is 0.474. The molecule has 0 unspecified atom stereocenters. The largest absolute Gasteiger partial charge is 0.378 e. The van der Waals surface area contributed by atoms with E-state index >= 15 is 0 Å². The van der Waals surface area contributed by atoms with E-state index in [2.05, 4.69) is 16.9 Å². The maximum absolute atomic E-state index is 12.5. The van der Waals surface area contributed by atoms with Crippen molar-refractivity contribution < 1.29 is 9.90 Å². The number of aliphatic hydroxyl groups excluding tert-OH is 1. The van der Waals surface area contributed by atoms with E-state index in [9.17, 15) is 9.90 Å². The predicted molar refractivity (Wildman–Crippen MR) is 99.3 cm³/mol. The minimum Gasteiger partial charge on any atom is -0.378 e. The zero-order valence-electron chi connectivity index (χ0n) is 14.8. The summed E-state index contributed by atoms with van der Waals surface area (Å²) in [7, 11) is 2.11. The molecule has 1 amide bonds. The molecule has 134 valence electrons. The molecule has 25 heavy (non-hydrogen) atoms. The number of likely N-dealkylation sites (tertiary alicyclic amines) is 1. The second-order valence-corrected chi connectivity index (χ2v) is 7.75. The topological polar surface area (TPSA) is 56.7 Å². The predicted octanol–water partition coefficient (Wildman–Crippen LogP) is 2.47. The minimum absolute atomic E-state index is 0.186. The van der Waals surface area contributed by atoms with Crippen molar-refractivity contribution in [2.75, 3.05) is 26.7 Å². The van der Waals surface area contributed by atoms with Crippen LogP contribution in [0, 0.1) is 12.8 Å². The molecule has 1 aliphatic heterocycles. The standard InChI is InChI=1S/C19H25N3O2S/c1-14-17(25-13-20-14)12-21(2)10-15-8-9-22(11-15)19(24)18(23)16-6-4-3-5-7-16/h3-7,13,15,18,23H,8-12H2,1-2H3/t15-,18+/m1/s1. The van der Waals surface area contributed by atoms with E-state index < -0.39 is 6.10 Å². The Morgan fingerprint density at radius 2 is 2.20 bits per heavy atom. The van der Waals surface area contributed by atoms with E-state index in [1.165, 1.54) is 4.88 Å². The molecule has 3 rings (SSSR count). The van der Waals surface area contributed by atoms with Crippen LogP contribution in [0.1, 0.15) is 28.7 Å². The SMILES string of the molecule is Cc1ncsc1CN(C)C[C@H]1CCN(C(=O)[C@@H](O)c2ccccc2)C1. The molecule has 1 aromatic heterocycles. The quantitative estimate of drug-likeness (QED) is 0.861. The number of amides is 1. The zero-order valence-corrected chi connectivity index (χ0v) is 15.6. The van der Waals surface area contributed by atoms with Crippen LogP contribution in [0.4, 0.5) is 0 Å². The van der Waals surface area contributed by atoms with Crippen molar-refractivity contribution in [2.24, 2.45) is 5.92 Å². The second-order valence-electron chi connectivity index (χ2n) is 6.81. The summed E-state index contributed by atoms with van der Waals surface area (Å²) in [5.74, 6) is 0.264. The van der Waals surface area contributed by atoms with Crippen LogP contribution in [-0.2, 0) is 11.3 Å². The van der Waals surface area contributed by atoms with Crippen LogP contribution in [0.25, 0.3) is 0 Å². The number of aromatic nitrogens is 1.